The Morgan fingerprint density at radius 1 is 1.02 bits per heavy atom. The Labute approximate surface area is 257 Å². The van der Waals surface area contributed by atoms with Crippen molar-refractivity contribution in [2.75, 3.05) is 32.3 Å². The van der Waals surface area contributed by atoms with Crippen LogP contribution in [0, 0.1) is 6.92 Å². The highest BCUT2D eigenvalue weighted by Gasteiger charge is 2.37. The quantitative estimate of drug-likeness (QED) is 0.230. The van der Waals surface area contributed by atoms with Crippen molar-refractivity contribution in [1.29, 1.82) is 0 Å². The number of carbonyl (C=O) groups is 2. The van der Waals surface area contributed by atoms with Crippen molar-refractivity contribution in [3.8, 4) is 17.2 Å². The Morgan fingerprint density at radius 2 is 1.75 bits per heavy atom. The molecular formula is C33H35N3O7S. The first-order valence-corrected chi connectivity index (χ1v) is 15.9. The van der Waals surface area contributed by atoms with E-state index in [0.29, 0.717) is 74.9 Å². The Kier molecular flexibility index (Phi) is 8.78. The molecule has 0 fully saturated rings. The van der Waals surface area contributed by atoms with Crippen LogP contribution in [0.1, 0.15) is 46.5 Å². The first-order valence-electron chi connectivity index (χ1n) is 14.3. The van der Waals surface area contributed by atoms with E-state index in [-0.39, 0.29) is 24.6 Å². The third-order valence-corrected chi connectivity index (χ3v) is 9.36. The van der Waals surface area contributed by atoms with Gasteiger partial charge in [0.05, 0.1) is 44.6 Å². The monoisotopic (exact) mass is 617 g/mol. The predicted molar refractivity (Wildman–Crippen MR) is 168 cm³/mol. The van der Waals surface area contributed by atoms with E-state index in [0.717, 1.165) is 4.31 Å². The second-order valence-corrected chi connectivity index (χ2v) is 12.4. The van der Waals surface area contributed by atoms with Gasteiger partial charge in [0.1, 0.15) is 17.0 Å². The minimum atomic E-state index is -3.98. The highest BCUT2D eigenvalue weighted by atomic mass is 32.2. The number of rotatable bonds is 11. The molecule has 0 atom stereocenters. The Morgan fingerprint density at radius 3 is 2.45 bits per heavy atom. The Balaban J connectivity index is 1.41. The first kappa shape index (κ1) is 30.8. The van der Waals surface area contributed by atoms with Crippen LogP contribution in [0.15, 0.2) is 60.8 Å². The molecule has 1 aliphatic heterocycles. The molecule has 2 heterocycles. The average molecular weight is 618 g/mol. The second kappa shape index (κ2) is 12.5. The van der Waals surface area contributed by atoms with E-state index in [1.807, 2.05) is 26.8 Å². The van der Waals surface area contributed by atoms with E-state index in [1.54, 1.807) is 59.6 Å². The van der Waals surface area contributed by atoms with Crippen molar-refractivity contribution in [2.24, 2.45) is 0 Å². The first-order chi connectivity index (χ1) is 21.1. The Hall–Kier alpha value is -4.64. The third-order valence-electron chi connectivity index (χ3n) is 7.63. The summed E-state index contributed by atoms with van der Waals surface area (Å²) < 4.78 is 44.6. The molecule has 0 bridgehead atoms. The molecule has 0 unspecified atom stereocenters. The molecular weight excluding hydrogens is 582 g/mol. The maximum absolute atomic E-state index is 13.9. The Bertz CT molecular complexity index is 1860. The van der Waals surface area contributed by atoms with Crippen molar-refractivity contribution >= 4 is 38.4 Å². The number of para-hydroxylation sites is 1. The van der Waals surface area contributed by atoms with Gasteiger partial charge in [-0.1, -0.05) is 30.3 Å². The molecule has 10 nitrogen and oxygen atoms in total. The van der Waals surface area contributed by atoms with Gasteiger partial charge >= 0.3 is 0 Å². The molecule has 230 valence electrons. The van der Waals surface area contributed by atoms with Crippen LogP contribution in [0.25, 0.3) is 10.9 Å². The lowest BCUT2D eigenvalue weighted by Crippen LogP contribution is -2.35. The lowest BCUT2D eigenvalue weighted by Gasteiger charge is -2.21. The molecule has 0 saturated carbocycles. The smallest absolute Gasteiger partial charge is 0.262 e. The standard InChI is InChI=1S/C33H35N3O7S/c1-6-42-31-24-12-10-16-34-30(24)32(43-7-2)25-19-36(33(38)29(25)31)26-15-14-22(17-21(26)3)20-44(39,40)35(4)28(37)18-23-11-8-9-13-27(23)41-5/h8-17H,6-7,18-20H2,1-5H3. The molecule has 0 spiro atoms. The van der Waals surface area contributed by atoms with Gasteiger partial charge in [-0.05, 0) is 56.2 Å². The molecule has 4 aromatic rings. The largest absolute Gasteiger partial charge is 0.496 e. The molecule has 11 heteroatoms. The van der Waals surface area contributed by atoms with Gasteiger partial charge in [-0.15, -0.1) is 0 Å². The van der Waals surface area contributed by atoms with Crippen LogP contribution in [0.5, 0.6) is 17.2 Å². The maximum Gasteiger partial charge on any atom is 0.262 e. The summed E-state index contributed by atoms with van der Waals surface area (Å²) in [6.07, 6.45) is 1.56. The van der Waals surface area contributed by atoms with Gasteiger partial charge in [0.2, 0.25) is 15.9 Å². The third kappa shape index (κ3) is 5.67. The number of amides is 2. The van der Waals surface area contributed by atoms with E-state index in [9.17, 15) is 18.0 Å². The van der Waals surface area contributed by atoms with E-state index < -0.39 is 15.9 Å². The molecule has 3 aromatic carbocycles. The van der Waals surface area contributed by atoms with E-state index in [2.05, 4.69) is 4.98 Å². The number of likely N-dealkylation sites (N-methyl/N-ethyl adjacent to an activating group) is 1. The fourth-order valence-electron chi connectivity index (χ4n) is 5.52. The summed E-state index contributed by atoms with van der Waals surface area (Å²) in [6.45, 7) is 6.58. The van der Waals surface area contributed by atoms with Gasteiger partial charge in [0.15, 0.2) is 5.75 Å². The highest BCUT2D eigenvalue weighted by molar-refractivity contribution is 7.88. The second-order valence-electron chi connectivity index (χ2n) is 10.4. The minimum Gasteiger partial charge on any atom is -0.496 e. The summed E-state index contributed by atoms with van der Waals surface area (Å²) in [5.74, 6) is 0.362. The number of anilines is 1. The summed E-state index contributed by atoms with van der Waals surface area (Å²) in [4.78, 5) is 33.0. The molecule has 2 amide bonds. The van der Waals surface area contributed by atoms with Gasteiger partial charge in [-0.25, -0.2) is 12.7 Å². The molecule has 1 aromatic heterocycles. The van der Waals surface area contributed by atoms with Gasteiger partial charge in [-0.3, -0.25) is 14.6 Å². The molecule has 0 saturated heterocycles. The van der Waals surface area contributed by atoms with Gasteiger partial charge < -0.3 is 19.1 Å². The predicted octanol–water partition coefficient (Wildman–Crippen LogP) is 5.04. The topological polar surface area (TPSA) is 115 Å². The summed E-state index contributed by atoms with van der Waals surface area (Å²) in [6, 6.07) is 15.8. The van der Waals surface area contributed by atoms with Crippen molar-refractivity contribution in [2.45, 2.75) is 39.5 Å². The number of pyridine rings is 1. The van der Waals surface area contributed by atoms with Crippen LogP contribution in [0.3, 0.4) is 0 Å². The summed E-state index contributed by atoms with van der Waals surface area (Å²) in [5.41, 5.74) is 4.21. The highest BCUT2D eigenvalue weighted by Crippen LogP contribution is 2.45. The number of carbonyl (C=O) groups excluding carboxylic acids is 2. The summed E-state index contributed by atoms with van der Waals surface area (Å²) in [7, 11) is -1.22. The summed E-state index contributed by atoms with van der Waals surface area (Å²) in [5, 5.41) is 0.702. The van der Waals surface area contributed by atoms with Crippen LogP contribution < -0.4 is 19.1 Å². The van der Waals surface area contributed by atoms with Gasteiger partial charge in [-0.2, -0.15) is 0 Å². The zero-order chi connectivity index (χ0) is 31.6. The van der Waals surface area contributed by atoms with Crippen molar-refractivity contribution < 1.29 is 32.2 Å². The number of fused-ring (bicyclic) bond motifs is 2. The number of ether oxygens (including phenoxy) is 3. The normalized spacial score (nSPS) is 12.8. The SMILES string of the molecule is CCOc1c2c(c(OCC)c3ncccc13)CN(c1ccc(CS(=O)(=O)N(C)C(=O)Cc3ccccc3OC)cc1C)C2=O. The van der Waals surface area contributed by atoms with Crippen molar-refractivity contribution in [1.82, 2.24) is 9.29 Å². The molecule has 5 rings (SSSR count). The lowest BCUT2D eigenvalue weighted by atomic mass is 10.0. The molecule has 0 N–H and O–H groups in total. The molecule has 1 aliphatic rings. The lowest BCUT2D eigenvalue weighted by molar-refractivity contribution is -0.124. The zero-order valence-corrected chi connectivity index (χ0v) is 26.2. The average Bonchev–Trinajstić information content (AvgIpc) is 3.34. The number of nitrogens with zero attached hydrogens (tertiary/aromatic N) is 3. The van der Waals surface area contributed by atoms with E-state index in [4.69, 9.17) is 14.2 Å². The molecule has 44 heavy (non-hydrogen) atoms. The van der Waals surface area contributed by atoms with Crippen molar-refractivity contribution in [3.05, 3.63) is 88.6 Å². The minimum absolute atomic E-state index is 0.118. The number of methoxy groups -OCH3 is 1. The summed E-state index contributed by atoms with van der Waals surface area (Å²) >= 11 is 0. The fourth-order valence-corrected chi connectivity index (χ4v) is 6.69. The molecule has 0 aliphatic carbocycles. The zero-order valence-electron chi connectivity index (χ0n) is 25.4. The van der Waals surface area contributed by atoms with Crippen LogP contribution in [-0.4, -0.2) is 56.9 Å². The van der Waals surface area contributed by atoms with Crippen LogP contribution in [0.4, 0.5) is 5.69 Å². The number of aromatic nitrogens is 1. The number of hydrogen-bond acceptors (Lipinski definition) is 8. The number of sulfonamides is 1. The van der Waals surface area contributed by atoms with Gasteiger partial charge in [0, 0.05) is 35.4 Å². The number of aryl methyl sites for hydroxylation is 1. The molecule has 0 radical (unpaired) electrons. The van der Waals surface area contributed by atoms with E-state index >= 15 is 0 Å². The van der Waals surface area contributed by atoms with Crippen LogP contribution in [0.2, 0.25) is 0 Å². The maximum atomic E-state index is 13.9. The van der Waals surface area contributed by atoms with Crippen LogP contribution in [-0.2, 0) is 33.5 Å². The van der Waals surface area contributed by atoms with E-state index in [1.165, 1.54) is 14.2 Å². The van der Waals surface area contributed by atoms with Crippen LogP contribution >= 0.6 is 0 Å². The number of hydrogen-bond donors (Lipinski definition) is 0. The fraction of sp³-hybridized carbons (Fsp3) is 0.303. The number of benzene rings is 3. The van der Waals surface area contributed by atoms with Crippen molar-refractivity contribution in [3.63, 3.8) is 0 Å². The van der Waals surface area contributed by atoms with Gasteiger partial charge in [0.25, 0.3) is 5.91 Å².